The fourth-order valence-corrected chi connectivity index (χ4v) is 2.34. The molecule has 1 N–H and O–H groups in total. The van der Waals surface area contributed by atoms with E-state index in [0.29, 0.717) is 0 Å². The van der Waals surface area contributed by atoms with Crippen LogP contribution in [0.4, 0.5) is 0 Å². The highest BCUT2D eigenvalue weighted by molar-refractivity contribution is 5.85. The Hall–Kier alpha value is -1.06. The summed E-state index contributed by atoms with van der Waals surface area (Å²) in [6.45, 7) is 3.70. The number of halogens is 1. The molecule has 17 heavy (non-hydrogen) atoms. The van der Waals surface area contributed by atoms with Crippen molar-refractivity contribution >= 4 is 18.4 Å². The van der Waals surface area contributed by atoms with Gasteiger partial charge in [0.1, 0.15) is 6.04 Å². The van der Waals surface area contributed by atoms with Gasteiger partial charge in [-0.1, -0.05) is 29.8 Å². The molecule has 1 saturated heterocycles. The zero-order valence-electron chi connectivity index (χ0n) is 9.93. The van der Waals surface area contributed by atoms with Crippen molar-refractivity contribution in [1.29, 1.82) is 0 Å². The summed E-state index contributed by atoms with van der Waals surface area (Å²) in [6, 6.07) is 7.97. The van der Waals surface area contributed by atoms with Crippen LogP contribution in [0.3, 0.4) is 0 Å². The Kier molecular flexibility index (Phi) is 4.97. The summed E-state index contributed by atoms with van der Waals surface area (Å²) in [6.07, 6.45) is 1.77. The van der Waals surface area contributed by atoms with E-state index in [-0.39, 0.29) is 18.4 Å². The fourth-order valence-electron chi connectivity index (χ4n) is 2.34. The SMILES string of the molecule is Cc1cccc(CN2CCC[C@H]2C(=O)O)c1.Cl. The van der Waals surface area contributed by atoms with Crippen LogP contribution in [0.2, 0.25) is 0 Å². The van der Waals surface area contributed by atoms with Crippen molar-refractivity contribution in [2.75, 3.05) is 6.54 Å². The maximum absolute atomic E-state index is 11.0. The Morgan fingerprint density at radius 3 is 2.94 bits per heavy atom. The van der Waals surface area contributed by atoms with Gasteiger partial charge in [-0.05, 0) is 31.9 Å². The quantitative estimate of drug-likeness (QED) is 0.902. The molecule has 0 aromatic heterocycles. The average molecular weight is 256 g/mol. The number of hydrogen-bond donors (Lipinski definition) is 1. The number of likely N-dealkylation sites (tertiary alicyclic amines) is 1. The summed E-state index contributed by atoms with van der Waals surface area (Å²) in [4.78, 5) is 13.1. The Labute approximate surface area is 108 Å². The van der Waals surface area contributed by atoms with Gasteiger partial charge in [-0.3, -0.25) is 9.69 Å². The molecule has 0 unspecified atom stereocenters. The van der Waals surface area contributed by atoms with Crippen LogP contribution in [0, 0.1) is 6.92 Å². The van der Waals surface area contributed by atoms with Crippen molar-refractivity contribution in [3.63, 3.8) is 0 Å². The first-order valence-corrected chi connectivity index (χ1v) is 5.69. The minimum atomic E-state index is -0.690. The third kappa shape index (κ3) is 3.45. The molecule has 4 heteroatoms. The van der Waals surface area contributed by atoms with Crippen molar-refractivity contribution < 1.29 is 9.90 Å². The van der Waals surface area contributed by atoms with Gasteiger partial charge in [0.2, 0.25) is 0 Å². The molecule has 1 aromatic carbocycles. The average Bonchev–Trinajstić information content (AvgIpc) is 2.66. The number of aliphatic carboxylic acids is 1. The Morgan fingerprint density at radius 1 is 1.53 bits per heavy atom. The first kappa shape index (κ1) is 14.0. The van der Waals surface area contributed by atoms with Crippen molar-refractivity contribution in [3.05, 3.63) is 35.4 Å². The maximum atomic E-state index is 11.0. The van der Waals surface area contributed by atoms with Crippen LogP contribution >= 0.6 is 12.4 Å². The second kappa shape index (κ2) is 6.03. The maximum Gasteiger partial charge on any atom is 0.320 e. The van der Waals surface area contributed by atoms with Gasteiger partial charge in [0.05, 0.1) is 0 Å². The van der Waals surface area contributed by atoms with E-state index in [1.54, 1.807) is 0 Å². The lowest BCUT2D eigenvalue weighted by atomic mass is 10.1. The molecule has 1 fully saturated rings. The van der Waals surface area contributed by atoms with Crippen LogP contribution in [0.5, 0.6) is 0 Å². The highest BCUT2D eigenvalue weighted by Gasteiger charge is 2.30. The minimum Gasteiger partial charge on any atom is -0.480 e. The molecule has 1 aromatic rings. The van der Waals surface area contributed by atoms with Crippen LogP contribution in [-0.4, -0.2) is 28.6 Å². The summed E-state index contributed by atoms with van der Waals surface area (Å²) in [5.74, 6) is -0.690. The van der Waals surface area contributed by atoms with E-state index in [4.69, 9.17) is 5.11 Å². The van der Waals surface area contributed by atoms with E-state index in [9.17, 15) is 4.79 Å². The lowest BCUT2D eigenvalue weighted by molar-refractivity contribution is -0.142. The lowest BCUT2D eigenvalue weighted by Gasteiger charge is -2.21. The van der Waals surface area contributed by atoms with E-state index in [1.807, 2.05) is 6.07 Å². The third-order valence-electron chi connectivity index (χ3n) is 3.12. The van der Waals surface area contributed by atoms with Gasteiger partial charge in [0.25, 0.3) is 0 Å². The fraction of sp³-hybridized carbons (Fsp3) is 0.462. The van der Waals surface area contributed by atoms with Crippen molar-refractivity contribution in [2.45, 2.75) is 32.4 Å². The van der Waals surface area contributed by atoms with Crippen LogP contribution in [0.25, 0.3) is 0 Å². The summed E-state index contributed by atoms with van der Waals surface area (Å²) in [5, 5.41) is 9.07. The topological polar surface area (TPSA) is 40.5 Å². The molecule has 1 aliphatic rings. The molecular formula is C13H18ClNO2. The van der Waals surface area contributed by atoms with Crippen LogP contribution < -0.4 is 0 Å². The highest BCUT2D eigenvalue weighted by Crippen LogP contribution is 2.20. The van der Waals surface area contributed by atoms with Crippen LogP contribution in [0.15, 0.2) is 24.3 Å². The molecule has 0 spiro atoms. The summed E-state index contributed by atoms with van der Waals surface area (Å²) in [7, 11) is 0. The van der Waals surface area contributed by atoms with E-state index in [2.05, 4.69) is 30.0 Å². The molecule has 0 saturated carbocycles. The van der Waals surface area contributed by atoms with Crippen molar-refractivity contribution in [2.24, 2.45) is 0 Å². The van der Waals surface area contributed by atoms with Gasteiger partial charge in [-0.25, -0.2) is 0 Å². The zero-order valence-corrected chi connectivity index (χ0v) is 10.7. The number of hydrogen-bond acceptors (Lipinski definition) is 2. The summed E-state index contributed by atoms with van der Waals surface area (Å²) >= 11 is 0. The Balaban J connectivity index is 0.00000144. The zero-order chi connectivity index (χ0) is 11.5. The Bertz CT molecular complexity index is 395. The molecule has 94 valence electrons. The smallest absolute Gasteiger partial charge is 0.320 e. The molecule has 0 aliphatic carbocycles. The molecule has 0 radical (unpaired) electrons. The monoisotopic (exact) mass is 255 g/mol. The third-order valence-corrected chi connectivity index (χ3v) is 3.12. The van der Waals surface area contributed by atoms with Crippen molar-refractivity contribution in [3.8, 4) is 0 Å². The molecule has 1 aliphatic heterocycles. The predicted molar refractivity (Wildman–Crippen MR) is 69.5 cm³/mol. The number of carboxylic acids is 1. The normalized spacial score (nSPS) is 19.9. The number of carbonyl (C=O) groups is 1. The highest BCUT2D eigenvalue weighted by atomic mass is 35.5. The second-order valence-electron chi connectivity index (χ2n) is 4.46. The largest absolute Gasteiger partial charge is 0.480 e. The van der Waals surface area contributed by atoms with E-state index < -0.39 is 5.97 Å². The van der Waals surface area contributed by atoms with E-state index in [1.165, 1.54) is 11.1 Å². The summed E-state index contributed by atoms with van der Waals surface area (Å²) in [5.41, 5.74) is 2.43. The van der Waals surface area contributed by atoms with Gasteiger partial charge in [-0.2, -0.15) is 0 Å². The minimum absolute atomic E-state index is 0. The van der Waals surface area contributed by atoms with Gasteiger partial charge in [0.15, 0.2) is 0 Å². The molecule has 0 amide bonds. The number of carboxylic acid groups (broad SMARTS) is 1. The van der Waals surface area contributed by atoms with E-state index in [0.717, 1.165) is 25.9 Å². The standard InChI is InChI=1S/C13H17NO2.ClH/c1-10-4-2-5-11(8-10)9-14-7-3-6-12(14)13(15)16;/h2,4-5,8,12H,3,6-7,9H2,1H3,(H,15,16);1H/t12-;/m0./s1. The molecule has 2 rings (SSSR count). The lowest BCUT2D eigenvalue weighted by Crippen LogP contribution is -2.35. The molecule has 1 atom stereocenters. The number of rotatable bonds is 3. The Morgan fingerprint density at radius 2 is 2.29 bits per heavy atom. The number of nitrogens with zero attached hydrogens (tertiary/aromatic N) is 1. The second-order valence-corrected chi connectivity index (χ2v) is 4.46. The predicted octanol–water partition coefficient (Wildman–Crippen LogP) is 2.47. The van der Waals surface area contributed by atoms with E-state index >= 15 is 0 Å². The molecule has 3 nitrogen and oxygen atoms in total. The van der Waals surface area contributed by atoms with Gasteiger partial charge in [-0.15, -0.1) is 12.4 Å². The van der Waals surface area contributed by atoms with Gasteiger partial charge >= 0.3 is 5.97 Å². The van der Waals surface area contributed by atoms with Gasteiger partial charge < -0.3 is 5.11 Å². The first-order chi connectivity index (χ1) is 7.66. The van der Waals surface area contributed by atoms with Crippen LogP contribution in [0.1, 0.15) is 24.0 Å². The molecule has 0 bridgehead atoms. The number of aryl methyl sites for hydroxylation is 1. The van der Waals surface area contributed by atoms with Crippen LogP contribution in [-0.2, 0) is 11.3 Å². The first-order valence-electron chi connectivity index (χ1n) is 5.69. The number of benzene rings is 1. The van der Waals surface area contributed by atoms with Crippen molar-refractivity contribution in [1.82, 2.24) is 4.90 Å². The molecule has 1 heterocycles. The van der Waals surface area contributed by atoms with Gasteiger partial charge in [0, 0.05) is 6.54 Å². The summed E-state index contributed by atoms with van der Waals surface area (Å²) < 4.78 is 0. The molecular weight excluding hydrogens is 238 g/mol.